The first-order chi connectivity index (χ1) is 9.90. The second kappa shape index (κ2) is 5.80. The Morgan fingerprint density at radius 1 is 1.24 bits per heavy atom. The zero-order chi connectivity index (χ0) is 15.6. The van der Waals surface area contributed by atoms with Crippen LogP contribution in [0.5, 0.6) is 0 Å². The van der Waals surface area contributed by atoms with Gasteiger partial charge in [0.25, 0.3) is 0 Å². The largest absolute Gasteiger partial charge is 0.419 e. The molecule has 1 heterocycles. The predicted octanol–water partition coefficient (Wildman–Crippen LogP) is 3.01. The van der Waals surface area contributed by atoms with Crippen LogP contribution >= 0.6 is 0 Å². The molecule has 0 aliphatic rings. The van der Waals surface area contributed by atoms with Crippen LogP contribution in [-0.2, 0) is 19.3 Å². The summed E-state index contributed by atoms with van der Waals surface area (Å²) in [6, 6.07) is 3.00. The van der Waals surface area contributed by atoms with Gasteiger partial charge in [0.2, 0.25) is 0 Å². The van der Waals surface area contributed by atoms with Crippen LogP contribution in [0.4, 0.5) is 17.6 Å². The van der Waals surface area contributed by atoms with Crippen molar-refractivity contribution < 1.29 is 22.7 Å². The van der Waals surface area contributed by atoms with E-state index < -0.39 is 24.2 Å². The molecule has 114 valence electrons. The lowest BCUT2D eigenvalue weighted by molar-refractivity contribution is -0.139. The van der Waals surface area contributed by atoms with E-state index >= 15 is 0 Å². The highest BCUT2D eigenvalue weighted by Crippen LogP contribution is 2.35. The summed E-state index contributed by atoms with van der Waals surface area (Å²) in [5.74, 6) is -1.23. The van der Waals surface area contributed by atoms with Gasteiger partial charge in [-0.3, -0.25) is 0 Å². The molecule has 1 aromatic carbocycles. The minimum absolute atomic E-state index is 0.0236. The number of hydrogen-bond acceptors (Lipinski definition) is 3. The molecular formula is C13H13F4N3O. The summed E-state index contributed by atoms with van der Waals surface area (Å²) < 4.78 is 53.8. The quantitative estimate of drug-likeness (QED) is 0.883. The number of rotatable bonds is 4. The Morgan fingerprint density at radius 2 is 1.95 bits per heavy atom. The van der Waals surface area contributed by atoms with Crippen LogP contribution in [0.25, 0.3) is 11.4 Å². The number of aromatic nitrogens is 3. The summed E-state index contributed by atoms with van der Waals surface area (Å²) in [5.41, 5.74) is -1.64. The van der Waals surface area contributed by atoms with Crippen LogP contribution in [-0.4, -0.2) is 19.9 Å². The van der Waals surface area contributed by atoms with Crippen molar-refractivity contribution in [1.29, 1.82) is 0 Å². The zero-order valence-corrected chi connectivity index (χ0v) is 11.2. The maximum Gasteiger partial charge on any atom is 0.419 e. The summed E-state index contributed by atoms with van der Waals surface area (Å²) >= 11 is 0. The highest BCUT2D eigenvalue weighted by molar-refractivity contribution is 5.58. The monoisotopic (exact) mass is 303 g/mol. The van der Waals surface area contributed by atoms with Gasteiger partial charge < -0.3 is 9.67 Å². The molecule has 2 rings (SSSR count). The number of halogens is 4. The first-order valence-corrected chi connectivity index (χ1v) is 6.29. The van der Waals surface area contributed by atoms with Crippen LogP contribution < -0.4 is 0 Å². The van der Waals surface area contributed by atoms with Crippen LogP contribution in [0.3, 0.4) is 0 Å². The van der Waals surface area contributed by atoms with Crippen LogP contribution in [0.1, 0.15) is 24.7 Å². The third kappa shape index (κ3) is 2.90. The van der Waals surface area contributed by atoms with Crippen LogP contribution in [0, 0.1) is 5.82 Å². The molecule has 1 N–H and O–H groups in total. The number of alkyl halides is 3. The molecule has 1 aromatic heterocycles. The van der Waals surface area contributed by atoms with E-state index in [9.17, 15) is 17.6 Å². The summed E-state index contributed by atoms with van der Waals surface area (Å²) in [6.07, 6.45) is -4.14. The van der Waals surface area contributed by atoms with E-state index in [2.05, 4.69) is 10.2 Å². The van der Waals surface area contributed by atoms with Gasteiger partial charge in [-0.25, -0.2) is 4.39 Å². The molecule has 8 heteroatoms. The molecule has 4 nitrogen and oxygen atoms in total. The van der Waals surface area contributed by atoms with Gasteiger partial charge in [0, 0.05) is 6.54 Å². The lowest BCUT2D eigenvalue weighted by Crippen LogP contribution is -2.11. The fourth-order valence-electron chi connectivity index (χ4n) is 2.03. The maximum absolute atomic E-state index is 14.1. The molecule has 0 unspecified atom stereocenters. The van der Waals surface area contributed by atoms with Crippen molar-refractivity contribution >= 4 is 0 Å². The van der Waals surface area contributed by atoms with Gasteiger partial charge in [-0.2, -0.15) is 13.2 Å². The normalized spacial score (nSPS) is 11.9. The summed E-state index contributed by atoms with van der Waals surface area (Å²) in [5, 5.41) is 16.5. The third-order valence-corrected chi connectivity index (χ3v) is 2.96. The van der Waals surface area contributed by atoms with Crippen LogP contribution in [0.15, 0.2) is 18.2 Å². The van der Waals surface area contributed by atoms with Gasteiger partial charge in [0.1, 0.15) is 12.4 Å². The molecule has 0 aliphatic heterocycles. The number of hydrogen-bond donors (Lipinski definition) is 1. The van der Waals surface area contributed by atoms with E-state index in [1.54, 1.807) is 0 Å². The Balaban J connectivity index is 2.60. The lowest BCUT2D eigenvalue weighted by Gasteiger charge is -2.12. The number of aliphatic hydroxyl groups is 1. The molecule has 0 amide bonds. The average molecular weight is 303 g/mol. The molecule has 0 saturated carbocycles. The Bertz CT molecular complexity index is 637. The minimum atomic E-state index is -4.78. The fourth-order valence-corrected chi connectivity index (χ4v) is 2.03. The Hall–Kier alpha value is -1.96. The zero-order valence-electron chi connectivity index (χ0n) is 11.2. The maximum atomic E-state index is 14.1. The van der Waals surface area contributed by atoms with Crippen molar-refractivity contribution in [2.75, 3.05) is 0 Å². The van der Waals surface area contributed by atoms with E-state index in [1.165, 1.54) is 10.6 Å². The molecule has 0 saturated heterocycles. The topological polar surface area (TPSA) is 50.9 Å². The lowest BCUT2D eigenvalue weighted by atomic mass is 10.1. The molecule has 0 radical (unpaired) electrons. The van der Waals surface area contributed by atoms with Crippen molar-refractivity contribution in [1.82, 2.24) is 14.8 Å². The highest BCUT2D eigenvalue weighted by Gasteiger charge is 2.35. The number of aliphatic hydroxyl groups excluding tert-OH is 1. The SMILES string of the molecule is CCCn1c(CO)nnc1-c1cccc(C(F)(F)F)c1F. The predicted molar refractivity (Wildman–Crippen MR) is 66.6 cm³/mol. The van der Waals surface area contributed by atoms with Gasteiger partial charge in [-0.05, 0) is 18.6 Å². The van der Waals surface area contributed by atoms with Crippen molar-refractivity contribution in [3.05, 3.63) is 35.4 Å². The second-order valence-corrected chi connectivity index (χ2v) is 4.41. The van der Waals surface area contributed by atoms with Gasteiger partial charge >= 0.3 is 6.18 Å². The Labute approximate surface area is 118 Å². The summed E-state index contributed by atoms with van der Waals surface area (Å²) in [6.45, 7) is 1.79. The highest BCUT2D eigenvalue weighted by atomic mass is 19.4. The van der Waals surface area contributed by atoms with Gasteiger partial charge in [-0.15, -0.1) is 10.2 Å². The van der Waals surface area contributed by atoms with E-state index in [-0.39, 0.29) is 17.2 Å². The first-order valence-electron chi connectivity index (χ1n) is 6.29. The smallest absolute Gasteiger partial charge is 0.388 e. The first kappa shape index (κ1) is 15.4. The molecule has 2 aromatic rings. The molecule has 0 bridgehead atoms. The average Bonchev–Trinajstić information content (AvgIpc) is 2.81. The fraction of sp³-hybridized carbons (Fsp3) is 0.385. The molecule has 0 atom stereocenters. The Kier molecular flexibility index (Phi) is 4.26. The van der Waals surface area contributed by atoms with E-state index in [1.807, 2.05) is 6.92 Å². The number of benzene rings is 1. The molecule has 21 heavy (non-hydrogen) atoms. The molecule has 0 fully saturated rings. The summed E-state index contributed by atoms with van der Waals surface area (Å²) in [4.78, 5) is 0. The summed E-state index contributed by atoms with van der Waals surface area (Å²) in [7, 11) is 0. The van der Waals surface area contributed by atoms with Crippen LogP contribution in [0.2, 0.25) is 0 Å². The molecule has 0 spiro atoms. The van der Waals surface area contributed by atoms with Crippen molar-refractivity contribution in [2.45, 2.75) is 32.7 Å². The standard InChI is InChI=1S/C13H13F4N3O/c1-2-6-20-10(7-21)18-19-12(20)8-4-3-5-9(11(8)14)13(15,16)17/h3-5,21H,2,6-7H2,1H3. The van der Waals surface area contributed by atoms with Crippen molar-refractivity contribution in [2.24, 2.45) is 0 Å². The van der Waals surface area contributed by atoms with Gasteiger partial charge in [0.15, 0.2) is 11.6 Å². The van der Waals surface area contributed by atoms with E-state index in [0.717, 1.165) is 6.07 Å². The van der Waals surface area contributed by atoms with E-state index in [4.69, 9.17) is 5.11 Å². The Morgan fingerprint density at radius 3 is 2.52 bits per heavy atom. The third-order valence-electron chi connectivity index (χ3n) is 2.96. The molecular weight excluding hydrogens is 290 g/mol. The minimum Gasteiger partial charge on any atom is -0.388 e. The number of nitrogens with zero attached hydrogens (tertiary/aromatic N) is 3. The second-order valence-electron chi connectivity index (χ2n) is 4.41. The van der Waals surface area contributed by atoms with Gasteiger partial charge in [-0.1, -0.05) is 13.0 Å². The van der Waals surface area contributed by atoms with Crippen molar-refractivity contribution in [3.63, 3.8) is 0 Å². The van der Waals surface area contributed by atoms with Gasteiger partial charge in [0.05, 0.1) is 11.1 Å². The van der Waals surface area contributed by atoms with Crippen molar-refractivity contribution in [3.8, 4) is 11.4 Å². The molecule has 0 aliphatic carbocycles. The van der Waals surface area contributed by atoms with E-state index in [0.29, 0.717) is 19.0 Å².